The van der Waals surface area contributed by atoms with Gasteiger partial charge in [0.2, 0.25) is 5.91 Å². The molecule has 1 fully saturated rings. The van der Waals surface area contributed by atoms with Crippen molar-refractivity contribution in [3.8, 4) is 0 Å². The first-order valence-corrected chi connectivity index (χ1v) is 6.90. The van der Waals surface area contributed by atoms with E-state index in [1.807, 2.05) is 0 Å². The van der Waals surface area contributed by atoms with E-state index in [9.17, 15) is 14.0 Å². The lowest BCUT2D eigenvalue weighted by atomic mass is 9.94. The van der Waals surface area contributed by atoms with Gasteiger partial charge in [0, 0.05) is 0 Å². The second-order valence-electron chi connectivity index (χ2n) is 5.26. The summed E-state index contributed by atoms with van der Waals surface area (Å²) in [5, 5.41) is 11.7. The third-order valence-electron chi connectivity index (χ3n) is 3.79. The van der Waals surface area contributed by atoms with Gasteiger partial charge >= 0.3 is 5.97 Å². The Morgan fingerprint density at radius 1 is 1.38 bits per heavy atom. The Kier molecular flexibility index (Phi) is 4.40. The summed E-state index contributed by atoms with van der Waals surface area (Å²) in [4.78, 5) is 23.6. The first-order valence-electron chi connectivity index (χ1n) is 6.90. The Morgan fingerprint density at radius 2 is 2.00 bits per heavy atom. The highest BCUT2D eigenvalue weighted by atomic mass is 19.1. The van der Waals surface area contributed by atoms with Crippen LogP contribution in [0.1, 0.15) is 31.7 Å². The molecular formula is C16H18FNO3. The maximum Gasteiger partial charge on any atom is 0.326 e. The predicted molar refractivity (Wildman–Crippen MR) is 76.3 cm³/mol. The van der Waals surface area contributed by atoms with E-state index >= 15 is 0 Å². The fourth-order valence-electron chi connectivity index (χ4n) is 2.33. The summed E-state index contributed by atoms with van der Waals surface area (Å²) in [6, 6.07) is 4.87. The van der Waals surface area contributed by atoms with Crippen molar-refractivity contribution < 1.29 is 19.1 Å². The Balaban J connectivity index is 2.11. The second kappa shape index (κ2) is 6.08. The molecule has 1 unspecified atom stereocenters. The van der Waals surface area contributed by atoms with Gasteiger partial charge < -0.3 is 10.4 Å². The average molecular weight is 291 g/mol. The normalized spacial score (nSPS) is 17.4. The minimum atomic E-state index is -1.06. The summed E-state index contributed by atoms with van der Waals surface area (Å²) in [7, 11) is 0. The number of rotatable bonds is 6. The molecule has 0 aromatic heterocycles. The zero-order chi connectivity index (χ0) is 15.5. The number of halogens is 1. The number of benzene rings is 1. The molecule has 1 saturated carbocycles. The van der Waals surface area contributed by atoms with Crippen molar-refractivity contribution in [1.82, 2.24) is 5.32 Å². The molecule has 1 amide bonds. The van der Waals surface area contributed by atoms with E-state index in [2.05, 4.69) is 5.32 Å². The van der Waals surface area contributed by atoms with Crippen LogP contribution in [0.4, 0.5) is 4.39 Å². The van der Waals surface area contributed by atoms with Crippen molar-refractivity contribution in [1.29, 1.82) is 0 Å². The molecule has 0 radical (unpaired) electrons. The van der Waals surface area contributed by atoms with E-state index in [0.717, 1.165) is 5.56 Å². The molecule has 0 spiro atoms. The highest BCUT2D eigenvalue weighted by Gasteiger charge is 2.51. The first-order chi connectivity index (χ1) is 9.99. The quantitative estimate of drug-likeness (QED) is 0.791. The van der Waals surface area contributed by atoms with Crippen LogP contribution in [0.25, 0.3) is 0 Å². The molecule has 4 nitrogen and oxygen atoms in total. The molecule has 5 heteroatoms. The van der Waals surface area contributed by atoms with Crippen LogP contribution >= 0.6 is 0 Å². The summed E-state index contributed by atoms with van der Waals surface area (Å²) in [6.07, 6.45) is 5.00. The SMILES string of the molecule is C/C=C/CC(NC(=O)C1(c2ccc(F)cc2)CC1)C(=O)O. The number of aliphatic carboxylic acids is 1. The second-order valence-corrected chi connectivity index (χ2v) is 5.26. The number of carboxylic acid groups (broad SMARTS) is 1. The number of carbonyl (C=O) groups excluding carboxylic acids is 1. The largest absolute Gasteiger partial charge is 0.480 e. The molecule has 21 heavy (non-hydrogen) atoms. The van der Waals surface area contributed by atoms with Crippen molar-refractivity contribution in [2.75, 3.05) is 0 Å². The fraction of sp³-hybridized carbons (Fsp3) is 0.375. The van der Waals surface area contributed by atoms with Gasteiger partial charge in [-0.3, -0.25) is 4.79 Å². The number of carboxylic acids is 1. The minimum Gasteiger partial charge on any atom is -0.480 e. The summed E-state index contributed by atoms with van der Waals surface area (Å²) >= 11 is 0. The molecule has 1 aromatic carbocycles. The van der Waals surface area contributed by atoms with Crippen LogP contribution in [0.15, 0.2) is 36.4 Å². The van der Waals surface area contributed by atoms with Gasteiger partial charge in [0.15, 0.2) is 0 Å². The fourth-order valence-corrected chi connectivity index (χ4v) is 2.33. The van der Waals surface area contributed by atoms with E-state index in [1.54, 1.807) is 31.2 Å². The van der Waals surface area contributed by atoms with Crippen molar-refractivity contribution in [3.63, 3.8) is 0 Å². The average Bonchev–Trinajstić information content (AvgIpc) is 3.25. The smallest absolute Gasteiger partial charge is 0.326 e. The first kappa shape index (κ1) is 15.2. The number of allylic oxidation sites excluding steroid dienone is 1. The van der Waals surface area contributed by atoms with Crippen LogP contribution in [0.5, 0.6) is 0 Å². The van der Waals surface area contributed by atoms with Gasteiger partial charge in [-0.2, -0.15) is 0 Å². The highest BCUT2D eigenvalue weighted by Crippen LogP contribution is 2.48. The summed E-state index contributed by atoms with van der Waals surface area (Å²) in [5.74, 6) is -1.71. The Bertz CT molecular complexity index is 561. The number of carbonyl (C=O) groups is 2. The highest BCUT2D eigenvalue weighted by molar-refractivity contribution is 5.94. The van der Waals surface area contributed by atoms with Crippen molar-refractivity contribution >= 4 is 11.9 Å². The van der Waals surface area contributed by atoms with Gasteiger partial charge in [0.25, 0.3) is 0 Å². The zero-order valence-electron chi connectivity index (χ0n) is 11.8. The maximum absolute atomic E-state index is 13.0. The number of amides is 1. The molecule has 0 aliphatic heterocycles. The topological polar surface area (TPSA) is 66.4 Å². The summed E-state index contributed by atoms with van der Waals surface area (Å²) < 4.78 is 13.0. The van der Waals surface area contributed by atoms with Gasteiger partial charge in [-0.15, -0.1) is 0 Å². The van der Waals surface area contributed by atoms with E-state index < -0.39 is 17.4 Å². The zero-order valence-corrected chi connectivity index (χ0v) is 11.8. The third-order valence-corrected chi connectivity index (χ3v) is 3.79. The molecule has 1 aliphatic carbocycles. The molecule has 0 saturated heterocycles. The maximum atomic E-state index is 13.0. The molecule has 1 atom stereocenters. The third kappa shape index (κ3) is 3.29. The Labute approximate surface area is 122 Å². The van der Waals surface area contributed by atoms with E-state index in [1.165, 1.54) is 12.1 Å². The van der Waals surface area contributed by atoms with Gasteiger partial charge in [-0.1, -0.05) is 24.3 Å². The lowest BCUT2D eigenvalue weighted by molar-refractivity contribution is -0.142. The standard InChI is InChI=1S/C16H18FNO3/c1-2-3-4-13(14(19)20)18-15(21)16(9-10-16)11-5-7-12(17)8-6-11/h2-3,5-8,13H,4,9-10H2,1H3,(H,18,21)(H,19,20)/b3-2+. The Hall–Kier alpha value is -2.17. The minimum absolute atomic E-state index is 0.247. The van der Waals surface area contributed by atoms with E-state index in [4.69, 9.17) is 5.11 Å². The molecule has 1 aromatic rings. The summed E-state index contributed by atoms with van der Waals surface area (Å²) in [5.41, 5.74) is 0.0358. The molecular weight excluding hydrogens is 273 g/mol. The van der Waals surface area contributed by atoms with Gasteiger partial charge in [-0.25, -0.2) is 9.18 Å². The van der Waals surface area contributed by atoms with Gasteiger partial charge in [0.1, 0.15) is 11.9 Å². The molecule has 2 rings (SSSR count). The predicted octanol–water partition coefficient (Wildman–Crippen LogP) is 2.39. The van der Waals surface area contributed by atoms with E-state index in [0.29, 0.717) is 12.8 Å². The number of hydrogen-bond acceptors (Lipinski definition) is 2. The van der Waals surface area contributed by atoms with E-state index in [-0.39, 0.29) is 18.1 Å². The van der Waals surface area contributed by atoms with Crippen LogP contribution in [0, 0.1) is 5.82 Å². The molecule has 2 N–H and O–H groups in total. The lowest BCUT2D eigenvalue weighted by Crippen LogP contribution is -2.45. The van der Waals surface area contributed by atoms with Crippen LogP contribution < -0.4 is 5.32 Å². The van der Waals surface area contributed by atoms with Crippen LogP contribution in [0.2, 0.25) is 0 Å². The summed E-state index contributed by atoms with van der Waals surface area (Å²) in [6.45, 7) is 1.79. The lowest BCUT2D eigenvalue weighted by Gasteiger charge is -2.19. The van der Waals surface area contributed by atoms with Crippen molar-refractivity contribution in [3.05, 3.63) is 47.8 Å². The monoisotopic (exact) mass is 291 g/mol. The van der Waals surface area contributed by atoms with Crippen LogP contribution in [-0.4, -0.2) is 23.0 Å². The van der Waals surface area contributed by atoms with Crippen molar-refractivity contribution in [2.24, 2.45) is 0 Å². The van der Waals surface area contributed by atoms with Gasteiger partial charge in [0.05, 0.1) is 5.41 Å². The number of hydrogen-bond donors (Lipinski definition) is 2. The number of nitrogens with one attached hydrogen (secondary N) is 1. The van der Waals surface area contributed by atoms with Crippen LogP contribution in [-0.2, 0) is 15.0 Å². The van der Waals surface area contributed by atoms with Crippen LogP contribution in [0.3, 0.4) is 0 Å². The molecule has 0 heterocycles. The molecule has 1 aliphatic rings. The van der Waals surface area contributed by atoms with Crippen molar-refractivity contribution in [2.45, 2.75) is 37.6 Å². The molecule has 112 valence electrons. The molecule has 0 bridgehead atoms. The Morgan fingerprint density at radius 3 is 2.48 bits per heavy atom. The van der Waals surface area contributed by atoms with Gasteiger partial charge in [-0.05, 0) is 43.9 Å².